The largest absolute Gasteiger partial charge is 0.330 e. The molecule has 1 aromatic carbocycles. The predicted molar refractivity (Wildman–Crippen MR) is 91.2 cm³/mol. The molecule has 1 amide bonds. The number of nitrogens with zero attached hydrogens (tertiary/aromatic N) is 3. The van der Waals surface area contributed by atoms with Crippen LogP contribution in [0.4, 0.5) is 0 Å². The Morgan fingerprint density at radius 1 is 1.17 bits per heavy atom. The molecule has 2 heterocycles. The van der Waals surface area contributed by atoms with Gasteiger partial charge in [-0.25, -0.2) is 0 Å². The van der Waals surface area contributed by atoms with Crippen LogP contribution in [0.15, 0.2) is 60.9 Å². The molecule has 5 nitrogen and oxygen atoms in total. The monoisotopic (exact) mass is 318 g/mol. The fraction of sp³-hybridized carbons (Fsp3) is 0.211. The lowest BCUT2D eigenvalue weighted by molar-refractivity contribution is 0.0723. The van der Waals surface area contributed by atoms with Gasteiger partial charge in [-0.3, -0.25) is 14.9 Å². The van der Waals surface area contributed by atoms with Crippen molar-refractivity contribution in [2.75, 3.05) is 0 Å². The Hall–Kier alpha value is -2.95. The van der Waals surface area contributed by atoms with Crippen LogP contribution >= 0.6 is 0 Å². The number of rotatable bonds is 5. The number of pyridine rings is 1. The van der Waals surface area contributed by atoms with Crippen molar-refractivity contribution in [3.8, 4) is 11.3 Å². The van der Waals surface area contributed by atoms with Gasteiger partial charge in [-0.2, -0.15) is 5.10 Å². The van der Waals surface area contributed by atoms with Gasteiger partial charge in [-0.15, -0.1) is 0 Å². The summed E-state index contributed by atoms with van der Waals surface area (Å²) in [5, 5.41) is 7.19. The van der Waals surface area contributed by atoms with Crippen LogP contribution in [0.25, 0.3) is 11.3 Å². The zero-order valence-electron chi connectivity index (χ0n) is 13.2. The normalized spacial score (nSPS) is 13.7. The van der Waals surface area contributed by atoms with Gasteiger partial charge >= 0.3 is 0 Å². The van der Waals surface area contributed by atoms with Crippen molar-refractivity contribution in [1.82, 2.24) is 20.1 Å². The third-order valence-electron chi connectivity index (χ3n) is 4.20. The summed E-state index contributed by atoms with van der Waals surface area (Å²) in [6, 6.07) is 15.9. The van der Waals surface area contributed by atoms with Crippen LogP contribution in [0.3, 0.4) is 0 Å². The first-order valence-corrected chi connectivity index (χ1v) is 8.12. The number of hydrogen-bond donors (Lipinski definition) is 1. The van der Waals surface area contributed by atoms with Gasteiger partial charge in [0.1, 0.15) is 5.69 Å². The van der Waals surface area contributed by atoms with Crippen LogP contribution in [0.2, 0.25) is 0 Å². The van der Waals surface area contributed by atoms with Gasteiger partial charge in [-0.05, 0) is 30.5 Å². The van der Waals surface area contributed by atoms with Crippen LogP contribution in [-0.2, 0) is 6.54 Å². The summed E-state index contributed by atoms with van der Waals surface area (Å²) in [5.74, 6) is -0.00367. The highest BCUT2D eigenvalue weighted by Crippen LogP contribution is 2.30. The maximum Gasteiger partial charge on any atom is 0.272 e. The average molecular weight is 318 g/mol. The fourth-order valence-electron chi connectivity index (χ4n) is 2.78. The first kappa shape index (κ1) is 14.6. The van der Waals surface area contributed by atoms with Gasteiger partial charge in [0.2, 0.25) is 0 Å². The molecule has 5 heteroatoms. The SMILES string of the molecule is O=C(c1cc(-c2ccccc2)n[nH]1)N(Cc1cccnc1)C1CC1. The van der Waals surface area contributed by atoms with Gasteiger partial charge in [0, 0.05) is 30.5 Å². The number of aromatic nitrogens is 3. The minimum absolute atomic E-state index is 0.00367. The molecule has 4 rings (SSSR count). The molecule has 0 radical (unpaired) electrons. The van der Waals surface area contributed by atoms with Crippen molar-refractivity contribution < 1.29 is 4.79 Å². The highest BCUT2D eigenvalue weighted by Gasteiger charge is 2.33. The minimum atomic E-state index is -0.00367. The summed E-state index contributed by atoms with van der Waals surface area (Å²) in [4.78, 5) is 19.0. The van der Waals surface area contributed by atoms with E-state index in [0.29, 0.717) is 18.3 Å². The molecule has 1 aliphatic rings. The van der Waals surface area contributed by atoms with Crippen molar-refractivity contribution in [1.29, 1.82) is 0 Å². The van der Waals surface area contributed by atoms with Crippen LogP contribution in [0.5, 0.6) is 0 Å². The van der Waals surface area contributed by atoms with E-state index in [4.69, 9.17) is 0 Å². The summed E-state index contributed by atoms with van der Waals surface area (Å²) in [5.41, 5.74) is 3.36. The molecule has 0 spiro atoms. The molecular weight excluding hydrogens is 300 g/mol. The molecule has 120 valence electrons. The molecule has 2 aromatic heterocycles. The molecule has 0 atom stereocenters. The van der Waals surface area contributed by atoms with E-state index in [-0.39, 0.29) is 5.91 Å². The summed E-state index contributed by atoms with van der Waals surface area (Å²) in [7, 11) is 0. The quantitative estimate of drug-likeness (QED) is 0.785. The lowest BCUT2D eigenvalue weighted by Gasteiger charge is -2.21. The summed E-state index contributed by atoms with van der Waals surface area (Å²) in [6.07, 6.45) is 5.68. The second kappa shape index (κ2) is 6.28. The molecule has 1 fully saturated rings. The Kier molecular flexibility index (Phi) is 3.83. The van der Waals surface area contributed by atoms with E-state index in [2.05, 4.69) is 15.2 Å². The Morgan fingerprint density at radius 2 is 2.00 bits per heavy atom. The topological polar surface area (TPSA) is 61.9 Å². The number of carbonyl (C=O) groups excluding carboxylic acids is 1. The number of nitrogens with one attached hydrogen (secondary N) is 1. The number of carbonyl (C=O) groups is 1. The van der Waals surface area contributed by atoms with Crippen molar-refractivity contribution >= 4 is 5.91 Å². The van der Waals surface area contributed by atoms with E-state index in [1.165, 1.54) is 0 Å². The van der Waals surface area contributed by atoms with Crippen LogP contribution in [-0.4, -0.2) is 32.0 Å². The molecule has 0 bridgehead atoms. The fourth-order valence-corrected chi connectivity index (χ4v) is 2.78. The third kappa shape index (κ3) is 3.06. The van der Waals surface area contributed by atoms with Gasteiger partial charge in [0.25, 0.3) is 5.91 Å². The Bertz CT molecular complexity index is 825. The zero-order chi connectivity index (χ0) is 16.4. The van der Waals surface area contributed by atoms with Crippen molar-refractivity contribution in [3.05, 3.63) is 72.2 Å². The van der Waals surface area contributed by atoms with E-state index in [1.54, 1.807) is 6.20 Å². The summed E-state index contributed by atoms with van der Waals surface area (Å²) >= 11 is 0. The van der Waals surface area contributed by atoms with Crippen LogP contribution in [0, 0.1) is 0 Å². The Balaban J connectivity index is 1.56. The van der Waals surface area contributed by atoms with Gasteiger partial charge in [0.05, 0.1) is 5.69 Å². The molecular formula is C19H18N4O. The van der Waals surface area contributed by atoms with E-state index in [1.807, 2.05) is 59.6 Å². The summed E-state index contributed by atoms with van der Waals surface area (Å²) in [6.45, 7) is 0.580. The van der Waals surface area contributed by atoms with Crippen molar-refractivity contribution in [2.24, 2.45) is 0 Å². The van der Waals surface area contributed by atoms with Crippen LogP contribution < -0.4 is 0 Å². The number of hydrogen-bond acceptors (Lipinski definition) is 3. The van der Waals surface area contributed by atoms with E-state index >= 15 is 0 Å². The number of amides is 1. The predicted octanol–water partition coefficient (Wildman–Crippen LogP) is 3.28. The lowest BCUT2D eigenvalue weighted by atomic mass is 10.1. The summed E-state index contributed by atoms with van der Waals surface area (Å²) < 4.78 is 0. The smallest absolute Gasteiger partial charge is 0.272 e. The maximum atomic E-state index is 12.9. The zero-order valence-corrected chi connectivity index (χ0v) is 13.2. The second-order valence-electron chi connectivity index (χ2n) is 6.06. The highest BCUT2D eigenvalue weighted by molar-refractivity contribution is 5.93. The standard InChI is InChI=1S/C19H18N4O/c24-19(18-11-17(21-22-18)15-6-2-1-3-7-15)23(16-8-9-16)13-14-5-4-10-20-12-14/h1-7,10-12,16H,8-9,13H2,(H,21,22). The minimum Gasteiger partial charge on any atom is -0.330 e. The van der Waals surface area contributed by atoms with E-state index < -0.39 is 0 Å². The molecule has 3 aromatic rings. The Labute approximate surface area is 140 Å². The first-order valence-electron chi connectivity index (χ1n) is 8.12. The molecule has 1 saturated carbocycles. The Morgan fingerprint density at radius 3 is 2.71 bits per heavy atom. The molecule has 1 aliphatic carbocycles. The molecule has 0 saturated heterocycles. The highest BCUT2D eigenvalue weighted by atomic mass is 16.2. The molecule has 1 N–H and O–H groups in total. The van der Waals surface area contributed by atoms with Gasteiger partial charge in [-0.1, -0.05) is 36.4 Å². The maximum absolute atomic E-state index is 12.9. The van der Waals surface area contributed by atoms with Gasteiger partial charge < -0.3 is 4.90 Å². The molecule has 0 aliphatic heterocycles. The van der Waals surface area contributed by atoms with E-state index in [9.17, 15) is 4.79 Å². The van der Waals surface area contributed by atoms with E-state index in [0.717, 1.165) is 29.7 Å². The third-order valence-corrected chi connectivity index (χ3v) is 4.20. The number of aromatic amines is 1. The number of benzene rings is 1. The second-order valence-corrected chi connectivity index (χ2v) is 6.06. The lowest BCUT2D eigenvalue weighted by Crippen LogP contribution is -2.32. The molecule has 0 unspecified atom stereocenters. The molecule has 24 heavy (non-hydrogen) atoms. The average Bonchev–Trinajstić information content (AvgIpc) is 3.36. The van der Waals surface area contributed by atoms with Crippen molar-refractivity contribution in [3.63, 3.8) is 0 Å². The van der Waals surface area contributed by atoms with Crippen molar-refractivity contribution in [2.45, 2.75) is 25.4 Å². The first-order chi connectivity index (χ1) is 11.8. The number of H-pyrrole nitrogens is 1. The van der Waals surface area contributed by atoms with Gasteiger partial charge in [0.15, 0.2) is 0 Å². The van der Waals surface area contributed by atoms with Crippen LogP contribution in [0.1, 0.15) is 28.9 Å².